The van der Waals surface area contributed by atoms with Crippen molar-refractivity contribution in [3.8, 4) is 0 Å². The first-order valence-electron chi connectivity index (χ1n) is 7.47. The zero-order chi connectivity index (χ0) is 15.7. The van der Waals surface area contributed by atoms with Crippen molar-refractivity contribution in [3.63, 3.8) is 0 Å². The Hall–Kier alpha value is -2.15. The van der Waals surface area contributed by atoms with Crippen molar-refractivity contribution in [2.75, 3.05) is 19.8 Å². The van der Waals surface area contributed by atoms with Gasteiger partial charge in [0.15, 0.2) is 0 Å². The summed E-state index contributed by atoms with van der Waals surface area (Å²) in [5.74, 6) is 1.23. The standard InChI is InChI=1S/C15H20N4O3/c1-4-11-13(10(3)22-18-11)15(20)19-5-6-21-8-12(19)14-16-7-9(2)17-14/h7,12H,4-6,8H2,1-3H3,(H,16,17)/t12-/m0/s1. The van der Waals surface area contributed by atoms with Gasteiger partial charge in [-0.1, -0.05) is 12.1 Å². The molecule has 22 heavy (non-hydrogen) atoms. The molecule has 0 aliphatic carbocycles. The summed E-state index contributed by atoms with van der Waals surface area (Å²) in [6.07, 6.45) is 2.42. The van der Waals surface area contributed by atoms with Gasteiger partial charge in [-0.05, 0) is 20.3 Å². The molecule has 118 valence electrons. The number of imidazole rings is 1. The molecular weight excluding hydrogens is 284 g/mol. The van der Waals surface area contributed by atoms with Crippen molar-refractivity contribution in [1.82, 2.24) is 20.0 Å². The van der Waals surface area contributed by atoms with Crippen LogP contribution in [-0.4, -0.2) is 45.7 Å². The van der Waals surface area contributed by atoms with Crippen molar-refractivity contribution in [1.29, 1.82) is 0 Å². The Bertz CT molecular complexity index is 676. The second-order valence-corrected chi connectivity index (χ2v) is 5.45. The Morgan fingerprint density at radius 3 is 3.00 bits per heavy atom. The van der Waals surface area contributed by atoms with E-state index in [1.165, 1.54) is 0 Å². The number of morpholine rings is 1. The summed E-state index contributed by atoms with van der Waals surface area (Å²) in [6, 6.07) is -0.214. The van der Waals surface area contributed by atoms with Crippen LogP contribution in [0.5, 0.6) is 0 Å². The summed E-state index contributed by atoms with van der Waals surface area (Å²) in [7, 11) is 0. The largest absolute Gasteiger partial charge is 0.377 e. The number of hydrogen-bond acceptors (Lipinski definition) is 5. The monoisotopic (exact) mass is 304 g/mol. The number of rotatable bonds is 3. The van der Waals surface area contributed by atoms with Crippen molar-refractivity contribution >= 4 is 5.91 Å². The number of carbonyl (C=O) groups excluding carboxylic acids is 1. The predicted octanol–water partition coefficient (Wildman–Crippen LogP) is 1.79. The molecule has 1 amide bonds. The zero-order valence-electron chi connectivity index (χ0n) is 13.0. The highest BCUT2D eigenvalue weighted by Gasteiger charge is 2.34. The number of aryl methyl sites for hydroxylation is 3. The second kappa shape index (κ2) is 5.92. The lowest BCUT2D eigenvalue weighted by Crippen LogP contribution is -2.44. The first-order valence-corrected chi connectivity index (χ1v) is 7.47. The van der Waals surface area contributed by atoms with Gasteiger partial charge in [-0.3, -0.25) is 4.79 Å². The lowest BCUT2D eigenvalue weighted by molar-refractivity contribution is -0.00514. The fourth-order valence-electron chi connectivity index (χ4n) is 2.75. The van der Waals surface area contributed by atoms with Gasteiger partial charge in [-0.25, -0.2) is 4.98 Å². The molecule has 0 bridgehead atoms. The molecule has 7 heteroatoms. The summed E-state index contributed by atoms with van der Waals surface area (Å²) < 4.78 is 10.7. The van der Waals surface area contributed by atoms with E-state index >= 15 is 0 Å². The number of aromatic amines is 1. The van der Waals surface area contributed by atoms with Gasteiger partial charge in [0, 0.05) is 18.4 Å². The van der Waals surface area contributed by atoms with Crippen LogP contribution in [0.3, 0.4) is 0 Å². The Balaban J connectivity index is 1.93. The zero-order valence-corrected chi connectivity index (χ0v) is 13.0. The van der Waals surface area contributed by atoms with Gasteiger partial charge in [0.25, 0.3) is 5.91 Å². The fourth-order valence-corrected chi connectivity index (χ4v) is 2.75. The van der Waals surface area contributed by atoms with E-state index in [0.717, 1.165) is 11.5 Å². The van der Waals surface area contributed by atoms with Crippen molar-refractivity contribution in [2.24, 2.45) is 0 Å². The van der Waals surface area contributed by atoms with Crippen LogP contribution in [0.4, 0.5) is 0 Å². The fraction of sp³-hybridized carbons (Fsp3) is 0.533. The number of nitrogens with zero attached hydrogens (tertiary/aromatic N) is 3. The SMILES string of the molecule is CCc1noc(C)c1C(=O)N1CCOC[C@H]1c1ncc(C)[nH]1. The quantitative estimate of drug-likeness (QED) is 0.934. The maximum absolute atomic E-state index is 13.0. The van der Waals surface area contributed by atoms with Crippen LogP contribution in [0.2, 0.25) is 0 Å². The van der Waals surface area contributed by atoms with Crippen LogP contribution in [-0.2, 0) is 11.2 Å². The molecule has 1 N–H and O–H groups in total. The second-order valence-electron chi connectivity index (χ2n) is 5.45. The maximum atomic E-state index is 13.0. The van der Waals surface area contributed by atoms with Gasteiger partial charge in [-0.15, -0.1) is 0 Å². The molecule has 0 radical (unpaired) electrons. The molecule has 7 nitrogen and oxygen atoms in total. The highest BCUT2D eigenvalue weighted by Crippen LogP contribution is 2.26. The van der Waals surface area contributed by atoms with Crippen LogP contribution in [0.25, 0.3) is 0 Å². The highest BCUT2D eigenvalue weighted by atomic mass is 16.5. The number of H-pyrrole nitrogens is 1. The first kappa shape index (κ1) is 14.8. The summed E-state index contributed by atoms with van der Waals surface area (Å²) in [4.78, 5) is 22.3. The van der Waals surface area contributed by atoms with Crippen LogP contribution in [0.15, 0.2) is 10.7 Å². The molecular formula is C15H20N4O3. The molecule has 0 unspecified atom stereocenters. The number of carbonyl (C=O) groups is 1. The number of nitrogens with one attached hydrogen (secondary N) is 1. The smallest absolute Gasteiger partial charge is 0.260 e. The lowest BCUT2D eigenvalue weighted by Gasteiger charge is -2.34. The van der Waals surface area contributed by atoms with Crippen LogP contribution >= 0.6 is 0 Å². The Labute approximate surface area is 128 Å². The average molecular weight is 304 g/mol. The van der Waals surface area contributed by atoms with Gasteiger partial charge in [0.05, 0.1) is 18.9 Å². The molecule has 0 saturated carbocycles. The Kier molecular flexibility index (Phi) is 3.98. The molecule has 1 fully saturated rings. The van der Waals surface area contributed by atoms with Gasteiger partial charge in [0.1, 0.15) is 23.2 Å². The molecule has 1 aliphatic heterocycles. The molecule has 0 aromatic carbocycles. The number of amides is 1. The predicted molar refractivity (Wildman–Crippen MR) is 78.5 cm³/mol. The molecule has 3 rings (SSSR count). The Morgan fingerprint density at radius 1 is 1.50 bits per heavy atom. The minimum atomic E-state index is -0.214. The third-order valence-electron chi connectivity index (χ3n) is 3.91. The topological polar surface area (TPSA) is 84.2 Å². The molecule has 1 saturated heterocycles. The number of aromatic nitrogens is 3. The van der Waals surface area contributed by atoms with Crippen molar-refractivity contribution in [2.45, 2.75) is 33.2 Å². The Morgan fingerprint density at radius 2 is 2.32 bits per heavy atom. The van der Waals surface area contributed by atoms with Crippen LogP contribution in [0.1, 0.15) is 46.3 Å². The minimum Gasteiger partial charge on any atom is -0.377 e. The molecule has 2 aromatic rings. The molecule has 3 heterocycles. The average Bonchev–Trinajstić information content (AvgIpc) is 3.12. The van der Waals surface area contributed by atoms with E-state index in [2.05, 4.69) is 15.1 Å². The van der Waals surface area contributed by atoms with E-state index in [1.807, 2.05) is 13.8 Å². The van der Waals surface area contributed by atoms with Gasteiger partial charge >= 0.3 is 0 Å². The normalized spacial score (nSPS) is 18.7. The molecule has 0 spiro atoms. The van der Waals surface area contributed by atoms with E-state index in [-0.39, 0.29) is 11.9 Å². The summed E-state index contributed by atoms with van der Waals surface area (Å²) in [6.45, 7) is 7.15. The van der Waals surface area contributed by atoms with E-state index in [9.17, 15) is 4.79 Å². The molecule has 2 aromatic heterocycles. The summed E-state index contributed by atoms with van der Waals surface area (Å²) >= 11 is 0. The van der Waals surface area contributed by atoms with Crippen LogP contribution < -0.4 is 0 Å². The summed E-state index contributed by atoms with van der Waals surface area (Å²) in [5, 5.41) is 3.97. The van der Waals surface area contributed by atoms with Gasteiger partial charge in [0.2, 0.25) is 0 Å². The van der Waals surface area contributed by atoms with Crippen LogP contribution in [0, 0.1) is 13.8 Å². The maximum Gasteiger partial charge on any atom is 0.260 e. The van der Waals surface area contributed by atoms with E-state index in [1.54, 1.807) is 18.0 Å². The first-order chi connectivity index (χ1) is 10.6. The number of ether oxygens (including phenoxy) is 1. The number of hydrogen-bond donors (Lipinski definition) is 1. The third kappa shape index (κ3) is 2.52. The summed E-state index contributed by atoms with van der Waals surface area (Å²) in [5.41, 5.74) is 2.23. The van der Waals surface area contributed by atoms with Crippen molar-refractivity contribution in [3.05, 3.63) is 34.7 Å². The molecule has 1 atom stereocenters. The van der Waals surface area contributed by atoms with Gasteiger partial charge < -0.3 is 19.1 Å². The lowest BCUT2D eigenvalue weighted by atomic mass is 10.1. The minimum absolute atomic E-state index is 0.0713. The van der Waals surface area contributed by atoms with Gasteiger partial charge in [-0.2, -0.15) is 0 Å². The van der Waals surface area contributed by atoms with E-state index < -0.39 is 0 Å². The highest BCUT2D eigenvalue weighted by molar-refractivity contribution is 5.96. The van der Waals surface area contributed by atoms with E-state index in [0.29, 0.717) is 43.2 Å². The van der Waals surface area contributed by atoms with Crippen molar-refractivity contribution < 1.29 is 14.1 Å². The van der Waals surface area contributed by atoms with E-state index in [4.69, 9.17) is 9.26 Å². The molecule has 1 aliphatic rings. The third-order valence-corrected chi connectivity index (χ3v) is 3.91.